The Balaban J connectivity index is 3.12. The van der Waals surface area contributed by atoms with Crippen molar-refractivity contribution in [2.45, 2.75) is 6.04 Å². The summed E-state index contributed by atoms with van der Waals surface area (Å²) in [5, 5.41) is 8.93. The SMILES string of the molecule is COc1cc(C(N)C#N)cc(Cl)c1OCC(N)=O. The monoisotopic (exact) mass is 269 g/mol. The maximum Gasteiger partial charge on any atom is 0.255 e. The zero-order valence-electron chi connectivity index (χ0n) is 9.64. The first-order chi connectivity index (χ1) is 8.49. The molecule has 0 aliphatic rings. The van der Waals surface area contributed by atoms with Crippen molar-refractivity contribution >= 4 is 17.5 Å². The summed E-state index contributed by atoms with van der Waals surface area (Å²) >= 11 is 5.98. The number of benzene rings is 1. The van der Waals surface area contributed by atoms with E-state index in [9.17, 15) is 4.79 Å². The maximum atomic E-state index is 10.7. The van der Waals surface area contributed by atoms with Crippen molar-refractivity contribution in [3.63, 3.8) is 0 Å². The summed E-state index contributed by atoms with van der Waals surface area (Å²) in [5.41, 5.74) is 11.0. The first-order valence-electron chi connectivity index (χ1n) is 4.93. The van der Waals surface area contributed by atoms with Gasteiger partial charge in [0.25, 0.3) is 5.91 Å². The van der Waals surface area contributed by atoms with Crippen LogP contribution in [0.1, 0.15) is 11.6 Å². The number of rotatable bonds is 5. The minimum Gasteiger partial charge on any atom is -0.493 e. The van der Waals surface area contributed by atoms with Gasteiger partial charge in [-0.15, -0.1) is 0 Å². The molecular formula is C11H12ClN3O3. The summed E-state index contributed by atoms with van der Waals surface area (Å²) in [5.74, 6) is -0.165. The van der Waals surface area contributed by atoms with Gasteiger partial charge in [0.15, 0.2) is 18.1 Å². The molecule has 0 heterocycles. The van der Waals surface area contributed by atoms with Gasteiger partial charge in [-0.3, -0.25) is 4.79 Å². The lowest BCUT2D eigenvalue weighted by molar-refractivity contribution is -0.119. The summed E-state index contributed by atoms with van der Waals surface area (Å²) in [4.78, 5) is 10.7. The van der Waals surface area contributed by atoms with E-state index in [0.29, 0.717) is 5.56 Å². The van der Waals surface area contributed by atoms with E-state index >= 15 is 0 Å². The zero-order chi connectivity index (χ0) is 13.7. The Bertz CT molecular complexity index is 499. The number of ether oxygens (including phenoxy) is 2. The van der Waals surface area contributed by atoms with Crippen LogP contribution in [0.5, 0.6) is 11.5 Å². The third kappa shape index (κ3) is 3.26. The molecule has 1 unspecified atom stereocenters. The van der Waals surface area contributed by atoms with Gasteiger partial charge in [0, 0.05) is 0 Å². The van der Waals surface area contributed by atoms with E-state index < -0.39 is 11.9 Å². The van der Waals surface area contributed by atoms with Gasteiger partial charge in [-0.1, -0.05) is 11.6 Å². The number of halogens is 1. The third-order valence-corrected chi connectivity index (χ3v) is 2.39. The molecule has 1 atom stereocenters. The molecule has 0 spiro atoms. The lowest BCUT2D eigenvalue weighted by atomic mass is 10.1. The van der Waals surface area contributed by atoms with Gasteiger partial charge < -0.3 is 20.9 Å². The Morgan fingerprint density at radius 3 is 2.78 bits per heavy atom. The van der Waals surface area contributed by atoms with Crippen LogP contribution in [0.15, 0.2) is 12.1 Å². The third-order valence-electron chi connectivity index (χ3n) is 2.11. The number of hydrogen-bond acceptors (Lipinski definition) is 5. The predicted molar refractivity (Wildman–Crippen MR) is 65.2 cm³/mol. The molecule has 7 heteroatoms. The Morgan fingerprint density at radius 1 is 1.61 bits per heavy atom. The summed E-state index contributed by atoms with van der Waals surface area (Å²) in [6.07, 6.45) is 0. The van der Waals surface area contributed by atoms with Gasteiger partial charge in [-0.2, -0.15) is 5.26 Å². The molecule has 18 heavy (non-hydrogen) atoms. The van der Waals surface area contributed by atoms with Gasteiger partial charge in [-0.25, -0.2) is 0 Å². The van der Waals surface area contributed by atoms with E-state index in [-0.39, 0.29) is 23.1 Å². The fourth-order valence-electron chi connectivity index (χ4n) is 1.28. The number of carbonyl (C=O) groups is 1. The molecule has 1 aromatic carbocycles. The van der Waals surface area contributed by atoms with Crippen molar-refractivity contribution in [1.82, 2.24) is 0 Å². The summed E-state index contributed by atoms with van der Waals surface area (Å²) in [6, 6.07) is 4.06. The second kappa shape index (κ2) is 6.10. The van der Waals surface area contributed by atoms with Crippen LogP contribution in [0.3, 0.4) is 0 Å². The smallest absolute Gasteiger partial charge is 0.255 e. The molecule has 1 amide bonds. The van der Waals surface area contributed by atoms with Crippen LogP contribution in [0.4, 0.5) is 0 Å². The van der Waals surface area contributed by atoms with E-state index in [1.165, 1.54) is 19.2 Å². The highest BCUT2D eigenvalue weighted by Crippen LogP contribution is 2.37. The molecule has 1 aromatic rings. The van der Waals surface area contributed by atoms with Crippen LogP contribution in [-0.4, -0.2) is 19.6 Å². The molecule has 0 aliphatic heterocycles. The number of nitriles is 1. The Morgan fingerprint density at radius 2 is 2.28 bits per heavy atom. The normalized spacial score (nSPS) is 11.4. The average Bonchev–Trinajstić information content (AvgIpc) is 2.35. The largest absolute Gasteiger partial charge is 0.493 e. The lowest BCUT2D eigenvalue weighted by Crippen LogP contribution is -2.20. The molecule has 0 radical (unpaired) electrons. The van der Waals surface area contributed by atoms with E-state index in [0.717, 1.165) is 0 Å². The van der Waals surface area contributed by atoms with Crippen LogP contribution in [-0.2, 0) is 4.79 Å². The molecule has 0 bridgehead atoms. The van der Waals surface area contributed by atoms with Crippen molar-refractivity contribution in [3.8, 4) is 17.6 Å². The number of carbonyl (C=O) groups excluding carboxylic acids is 1. The number of amides is 1. The summed E-state index contributed by atoms with van der Waals surface area (Å²) in [6.45, 7) is -0.320. The van der Waals surface area contributed by atoms with Crippen molar-refractivity contribution < 1.29 is 14.3 Å². The molecule has 4 N–H and O–H groups in total. The predicted octanol–water partition coefficient (Wildman–Crippen LogP) is 0.736. The molecular weight excluding hydrogens is 258 g/mol. The molecule has 0 fully saturated rings. The molecule has 0 saturated heterocycles. The maximum absolute atomic E-state index is 10.7. The highest BCUT2D eigenvalue weighted by molar-refractivity contribution is 6.32. The van der Waals surface area contributed by atoms with Crippen LogP contribution in [0, 0.1) is 11.3 Å². The Hall–Kier alpha value is -1.97. The highest BCUT2D eigenvalue weighted by Gasteiger charge is 2.15. The standard InChI is InChI=1S/C11H12ClN3O3/c1-17-9-3-6(8(14)4-13)2-7(12)11(9)18-5-10(15)16/h2-3,8H,5,14H2,1H3,(H2,15,16). The Kier molecular flexibility index (Phi) is 4.77. The fraction of sp³-hybridized carbons (Fsp3) is 0.273. The van der Waals surface area contributed by atoms with E-state index in [1.807, 2.05) is 6.07 Å². The molecule has 1 rings (SSSR count). The average molecular weight is 270 g/mol. The van der Waals surface area contributed by atoms with Crippen molar-refractivity contribution in [3.05, 3.63) is 22.7 Å². The number of primary amides is 1. The second-order valence-electron chi connectivity index (χ2n) is 3.40. The van der Waals surface area contributed by atoms with Gasteiger partial charge in [0.1, 0.15) is 6.04 Å². The quantitative estimate of drug-likeness (QED) is 0.819. The number of methoxy groups -OCH3 is 1. The van der Waals surface area contributed by atoms with Crippen LogP contribution < -0.4 is 20.9 Å². The van der Waals surface area contributed by atoms with E-state index in [4.69, 9.17) is 37.8 Å². The summed E-state index contributed by atoms with van der Waals surface area (Å²) < 4.78 is 10.2. The van der Waals surface area contributed by atoms with Gasteiger partial charge in [-0.05, 0) is 17.7 Å². The minimum absolute atomic E-state index is 0.187. The molecule has 0 aliphatic carbocycles. The van der Waals surface area contributed by atoms with Gasteiger partial charge in [0.05, 0.1) is 18.2 Å². The van der Waals surface area contributed by atoms with Crippen molar-refractivity contribution in [2.24, 2.45) is 11.5 Å². The minimum atomic E-state index is -0.818. The number of nitrogens with zero attached hydrogens (tertiary/aromatic N) is 1. The topological polar surface area (TPSA) is 111 Å². The van der Waals surface area contributed by atoms with Gasteiger partial charge >= 0.3 is 0 Å². The van der Waals surface area contributed by atoms with E-state index in [1.54, 1.807) is 0 Å². The molecule has 0 saturated carbocycles. The fourth-order valence-corrected chi connectivity index (χ4v) is 1.55. The molecule has 6 nitrogen and oxygen atoms in total. The van der Waals surface area contributed by atoms with Gasteiger partial charge in [0.2, 0.25) is 0 Å². The van der Waals surface area contributed by atoms with E-state index in [2.05, 4.69) is 0 Å². The number of hydrogen-bond donors (Lipinski definition) is 2. The molecule has 0 aromatic heterocycles. The first kappa shape index (κ1) is 14.1. The Labute approximate surface area is 109 Å². The lowest BCUT2D eigenvalue weighted by Gasteiger charge is -2.14. The first-order valence-corrected chi connectivity index (χ1v) is 5.31. The second-order valence-corrected chi connectivity index (χ2v) is 3.80. The van der Waals surface area contributed by atoms with Crippen LogP contribution in [0.25, 0.3) is 0 Å². The summed E-state index contributed by atoms with van der Waals surface area (Å²) in [7, 11) is 1.41. The van der Waals surface area contributed by atoms with Crippen molar-refractivity contribution in [1.29, 1.82) is 5.26 Å². The highest BCUT2D eigenvalue weighted by atomic mass is 35.5. The van der Waals surface area contributed by atoms with Crippen LogP contribution >= 0.6 is 11.6 Å². The van der Waals surface area contributed by atoms with Crippen molar-refractivity contribution in [2.75, 3.05) is 13.7 Å². The molecule has 96 valence electrons. The number of nitrogens with two attached hydrogens (primary N) is 2. The van der Waals surface area contributed by atoms with Crippen LogP contribution in [0.2, 0.25) is 5.02 Å². The zero-order valence-corrected chi connectivity index (χ0v) is 10.4.